The zero-order valence-electron chi connectivity index (χ0n) is 11.0. The van der Waals surface area contributed by atoms with E-state index in [0.29, 0.717) is 5.95 Å². The molecule has 18 heavy (non-hydrogen) atoms. The monoisotopic (exact) mass is 247 g/mol. The number of rotatable bonds is 4. The summed E-state index contributed by atoms with van der Waals surface area (Å²) >= 11 is 0. The average molecular weight is 247 g/mol. The topological polar surface area (TPSA) is 71.8 Å². The highest BCUT2D eigenvalue weighted by Gasteiger charge is 2.12. The number of nitrogens with zero attached hydrogens (tertiary/aromatic N) is 6. The minimum absolute atomic E-state index is 0.0300. The van der Waals surface area contributed by atoms with Crippen molar-refractivity contribution >= 4 is 11.8 Å². The third-order valence-corrected chi connectivity index (χ3v) is 2.54. The molecule has 7 heteroatoms. The third-order valence-electron chi connectivity index (χ3n) is 2.54. The van der Waals surface area contributed by atoms with Gasteiger partial charge in [-0.25, -0.2) is 4.98 Å². The van der Waals surface area contributed by atoms with Gasteiger partial charge in [-0.3, -0.25) is 0 Å². The van der Waals surface area contributed by atoms with Crippen LogP contribution in [0.3, 0.4) is 0 Å². The van der Waals surface area contributed by atoms with Crippen LogP contribution in [0.15, 0.2) is 18.6 Å². The first-order valence-electron chi connectivity index (χ1n) is 5.68. The van der Waals surface area contributed by atoms with Crippen LogP contribution in [0.5, 0.6) is 0 Å². The van der Waals surface area contributed by atoms with Gasteiger partial charge in [0.1, 0.15) is 12.1 Å². The quantitative estimate of drug-likeness (QED) is 0.863. The molecule has 2 aromatic rings. The Morgan fingerprint density at radius 3 is 2.78 bits per heavy atom. The SMILES string of the molecule is CC(Nc1ccnc(N(C)C)n1)c1nncn1C. The predicted octanol–water partition coefficient (Wildman–Crippen LogP) is 0.844. The fourth-order valence-electron chi connectivity index (χ4n) is 1.61. The lowest BCUT2D eigenvalue weighted by Crippen LogP contribution is -2.16. The summed E-state index contributed by atoms with van der Waals surface area (Å²) < 4.78 is 1.88. The standard InChI is InChI=1S/C11H17N7/c1-8(10-16-13-7-18(10)4)14-9-5-6-12-11(15-9)17(2)3/h5-8H,1-4H3,(H,12,14,15). The molecule has 0 amide bonds. The van der Waals surface area contributed by atoms with Crippen molar-refractivity contribution in [3.05, 3.63) is 24.4 Å². The van der Waals surface area contributed by atoms with Crippen molar-refractivity contribution in [1.82, 2.24) is 24.7 Å². The van der Waals surface area contributed by atoms with Gasteiger partial charge in [0, 0.05) is 27.3 Å². The van der Waals surface area contributed by atoms with Gasteiger partial charge >= 0.3 is 0 Å². The van der Waals surface area contributed by atoms with Crippen LogP contribution in [0.4, 0.5) is 11.8 Å². The van der Waals surface area contributed by atoms with E-state index in [1.165, 1.54) is 0 Å². The largest absolute Gasteiger partial charge is 0.360 e. The van der Waals surface area contributed by atoms with E-state index in [4.69, 9.17) is 0 Å². The Kier molecular flexibility index (Phi) is 3.40. The molecule has 1 N–H and O–H groups in total. The molecule has 0 aromatic carbocycles. The van der Waals surface area contributed by atoms with Crippen LogP contribution >= 0.6 is 0 Å². The molecule has 2 aromatic heterocycles. The lowest BCUT2D eigenvalue weighted by Gasteiger charge is -2.15. The molecule has 7 nitrogen and oxygen atoms in total. The highest BCUT2D eigenvalue weighted by atomic mass is 15.3. The maximum Gasteiger partial charge on any atom is 0.226 e. The van der Waals surface area contributed by atoms with Crippen molar-refractivity contribution in [1.29, 1.82) is 0 Å². The van der Waals surface area contributed by atoms with Crippen LogP contribution in [-0.4, -0.2) is 38.8 Å². The fourth-order valence-corrected chi connectivity index (χ4v) is 1.61. The normalized spacial score (nSPS) is 12.2. The first-order valence-corrected chi connectivity index (χ1v) is 5.68. The van der Waals surface area contributed by atoms with Crippen LogP contribution in [0, 0.1) is 0 Å². The molecular formula is C11H17N7. The van der Waals surface area contributed by atoms with E-state index in [9.17, 15) is 0 Å². The van der Waals surface area contributed by atoms with Gasteiger partial charge in [0.25, 0.3) is 0 Å². The molecular weight excluding hydrogens is 230 g/mol. The molecule has 0 radical (unpaired) electrons. The molecule has 0 aliphatic heterocycles. The summed E-state index contributed by atoms with van der Waals surface area (Å²) in [4.78, 5) is 10.4. The molecule has 2 heterocycles. The van der Waals surface area contributed by atoms with Crippen LogP contribution < -0.4 is 10.2 Å². The predicted molar refractivity (Wildman–Crippen MR) is 69.4 cm³/mol. The molecule has 0 bridgehead atoms. The van der Waals surface area contributed by atoms with Crippen molar-refractivity contribution < 1.29 is 0 Å². The number of aromatic nitrogens is 5. The molecule has 0 saturated carbocycles. The molecule has 0 aliphatic carbocycles. The summed E-state index contributed by atoms with van der Waals surface area (Å²) in [6, 6.07) is 1.86. The van der Waals surface area contributed by atoms with E-state index in [1.807, 2.05) is 43.6 Å². The highest BCUT2D eigenvalue weighted by molar-refractivity contribution is 5.41. The zero-order chi connectivity index (χ0) is 13.1. The second kappa shape index (κ2) is 4.99. The number of hydrogen-bond donors (Lipinski definition) is 1. The van der Waals surface area contributed by atoms with E-state index in [-0.39, 0.29) is 6.04 Å². The van der Waals surface area contributed by atoms with Gasteiger partial charge in [-0.15, -0.1) is 10.2 Å². The van der Waals surface area contributed by atoms with Crippen molar-refractivity contribution in [2.45, 2.75) is 13.0 Å². The summed E-state index contributed by atoms with van der Waals surface area (Å²) in [6.07, 6.45) is 3.41. The molecule has 2 rings (SSSR count). The van der Waals surface area contributed by atoms with E-state index in [2.05, 4.69) is 25.5 Å². The molecule has 1 atom stereocenters. The third kappa shape index (κ3) is 2.55. The van der Waals surface area contributed by atoms with E-state index in [1.54, 1.807) is 12.5 Å². The summed E-state index contributed by atoms with van der Waals surface area (Å²) in [5, 5.41) is 11.2. The van der Waals surface area contributed by atoms with Crippen molar-refractivity contribution in [2.24, 2.45) is 7.05 Å². The van der Waals surface area contributed by atoms with Crippen LogP contribution in [0.1, 0.15) is 18.8 Å². The molecule has 96 valence electrons. The molecule has 0 fully saturated rings. The first-order chi connectivity index (χ1) is 8.58. The Labute approximate surface area is 106 Å². The molecule has 1 unspecified atom stereocenters. The second-order valence-corrected chi connectivity index (χ2v) is 4.30. The smallest absolute Gasteiger partial charge is 0.226 e. The summed E-state index contributed by atoms with van der Waals surface area (Å²) in [6.45, 7) is 2.02. The van der Waals surface area contributed by atoms with Crippen molar-refractivity contribution in [2.75, 3.05) is 24.3 Å². The average Bonchev–Trinajstić information content (AvgIpc) is 2.76. The van der Waals surface area contributed by atoms with Crippen LogP contribution in [0.2, 0.25) is 0 Å². The number of nitrogens with one attached hydrogen (secondary N) is 1. The van der Waals surface area contributed by atoms with Crippen molar-refractivity contribution in [3.8, 4) is 0 Å². The lowest BCUT2D eigenvalue weighted by molar-refractivity contribution is 0.716. The zero-order valence-corrected chi connectivity index (χ0v) is 11.0. The van der Waals surface area contributed by atoms with Crippen LogP contribution in [-0.2, 0) is 7.05 Å². The van der Waals surface area contributed by atoms with Crippen molar-refractivity contribution in [3.63, 3.8) is 0 Å². The molecule has 0 spiro atoms. The van der Waals surface area contributed by atoms with E-state index >= 15 is 0 Å². The highest BCUT2D eigenvalue weighted by Crippen LogP contribution is 2.16. The first kappa shape index (κ1) is 12.3. The Bertz CT molecular complexity index is 520. The lowest BCUT2D eigenvalue weighted by atomic mass is 10.3. The minimum Gasteiger partial charge on any atom is -0.360 e. The van der Waals surface area contributed by atoms with Gasteiger partial charge < -0.3 is 14.8 Å². The number of aryl methyl sites for hydroxylation is 1. The van der Waals surface area contributed by atoms with Gasteiger partial charge in [0.15, 0.2) is 5.82 Å². The maximum atomic E-state index is 4.40. The summed E-state index contributed by atoms with van der Waals surface area (Å²) in [5.41, 5.74) is 0. The Balaban J connectivity index is 2.14. The van der Waals surface area contributed by atoms with E-state index < -0.39 is 0 Å². The molecule has 0 aliphatic rings. The Morgan fingerprint density at radius 2 is 2.17 bits per heavy atom. The second-order valence-electron chi connectivity index (χ2n) is 4.30. The summed E-state index contributed by atoms with van der Waals surface area (Å²) in [5.74, 6) is 2.30. The fraction of sp³-hybridized carbons (Fsp3) is 0.455. The van der Waals surface area contributed by atoms with Gasteiger partial charge in [-0.05, 0) is 13.0 Å². The van der Waals surface area contributed by atoms with Gasteiger partial charge in [0.05, 0.1) is 6.04 Å². The number of hydrogen-bond acceptors (Lipinski definition) is 6. The van der Waals surface area contributed by atoms with Gasteiger partial charge in [0.2, 0.25) is 5.95 Å². The maximum absolute atomic E-state index is 4.40. The summed E-state index contributed by atoms with van der Waals surface area (Å²) in [7, 11) is 5.73. The van der Waals surface area contributed by atoms with E-state index in [0.717, 1.165) is 11.6 Å². The molecule has 0 saturated heterocycles. The Morgan fingerprint density at radius 1 is 1.39 bits per heavy atom. The minimum atomic E-state index is 0.0300. The van der Waals surface area contributed by atoms with Crippen LogP contribution in [0.25, 0.3) is 0 Å². The number of anilines is 2. The Hall–Kier alpha value is -2.18. The van der Waals surface area contributed by atoms with Gasteiger partial charge in [-0.1, -0.05) is 0 Å². The van der Waals surface area contributed by atoms with Gasteiger partial charge in [-0.2, -0.15) is 4.98 Å².